The lowest BCUT2D eigenvalue weighted by molar-refractivity contribution is -0.137. The number of sulfonamides is 1. The highest BCUT2D eigenvalue weighted by atomic mass is 32.2. The van der Waals surface area contributed by atoms with Crippen molar-refractivity contribution in [2.75, 3.05) is 4.90 Å². The number of alkyl halides is 3. The summed E-state index contributed by atoms with van der Waals surface area (Å²) in [6.07, 6.45) is -1.88. The van der Waals surface area contributed by atoms with Crippen LogP contribution in [0, 0.1) is 18.7 Å². The Hall–Kier alpha value is -4.09. The van der Waals surface area contributed by atoms with Crippen LogP contribution in [0.5, 0.6) is 0 Å². The van der Waals surface area contributed by atoms with Crippen molar-refractivity contribution in [2.24, 2.45) is 5.92 Å². The number of fused-ring (bicyclic) bond motifs is 1. The van der Waals surface area contributed by atoms with Crippen molar-refractivity contribution in [1.29, 1.82) is 0 Å². The number of benzene rings is 3. The molecule has 234 valence electrons. The Morgan fingerprint density at radius 2 is 1.73 bits per heavy atom. The van der Waals surface area contributed by atoms with Crippen molar-refractivity contribution in [2.45, 2.75) is 62.2 Å². The normalized spacial score (nSPS) is 19.5. The van der Waals surface area contributed by atoms with E-state index >= 15 is 0 Å². The van der Waals surface area contributed by atoms with Crippen LogP contribution in [0.2, 0.25) is 0 Å². The van der Waals surface area contributed by atoms with Crippen molar-refractivity contribution in [3.63, 3.8) is 0 Å². The molecule has 0 aliphatic heterocycles. The summed E-state index contributed by atoms with van der Waals surface area (Å²) in [5.41, 5.74) is 3.70. The van der Waals surface area contributed by atoms with E-state index in [0.29, 0.717) is 29.8 Å². The molecular formula is C34H31F4N3O3S. The molecule has 3 atom stereocenters. The van der Waals surface area contributed by atoms with Gasteiger partial charge >= 0.3 is 6.18 Å². The lowest BCUT2D eigenvalue weighted by atomic mass is 9.87. The van der Waals surface area contributed by atoms with E-state index < -0.39 is 39.5 Å². The van der Waals surface area contributed by atoms with E-state index in [1.165, 1.54) is 24.3 Å². The van der Waals surface area contributed by atoms with E-state index in [1.54, 1.807) is 4.90 Å². The maximum absolute atomic E-state index is 14.1. The van der Waals surface area contributed by atoms with Gasteiger partial charge in [-0.3, -0.25) is 9.78 Å². The van der Waals surface area contributed by atoms with E-state index in [9.17, 15) is 30.8 Å². The van der Waals surface area contributed by atoms with Gasteiger partial charge in [-0.1, -0.05) is 24.3 Å². The Balaban J connectivity index is 1.30. The van der Waals surface area contributed by atoms with Crippen LogP contribution in [-0.2, 0) is 34.0 Å². The number of aromatic nitrogens is 1. The van der Waals surface area contributed by atoms with E-state index in [1.807, 2.05) is 43.3 Å². The van der Waals surface area contributed by atoms with Crippen LogP contribution in [0.1, 0.15) is 64.9 Å². The van der Waals surface area contributed by atoms with Crippen LogP contribution < -0.4 is 9.62 Å². The van der Waals surface area contributed by atoms with Gasteiger partial charge in [-0.2, -0.15) is 13.2 Å². The van der Waals surface area contributed by atoms with E-state index in [-0.39, 0.29) is 23.3 Å². The molecule has 0 saturated heterocycles. The number of carbonyl (C=O) groups is 1. The second-order valence-corrected chi connectivity index (χ2v) is 13.4. The molecule has 45 heavy (non-hydrogen) atoms. The van der Waals surface area contributed by atoms with Crippen molar-refractivity contribution < 1.29 is 30.8 Å². The molecule has 1 fully saturated rings. The van der Waals surface area contributed by atoms with Crippen LogP contribution >= 0.6 is 0 Å². The molecule has 11 heteroatoms. The molecule has 0 radical (unpaired) electrons. The third-order valence-electron chi connectivity index (χ3n) is 8.48. The zero-order chi connectivity index (χ0) is 31.9. The molecule has 4 aromatic rings. The van der Waals surface area contributed by atoms with Gasteiger partial charge in [-0.25, -0.2) is 17.5 Å². The van der Waals surface area contributed by atoms with Gasteiger partial charge in [-0.15, -0.1) is 0 Å². The monoisotopic (exact) mass is 637 g/mol. The van der Waals surface area contributed by atoms with Crippen LogP contribution in [0.4, 0.5) is 23.2 Å². The number of hydrogen-bond donors (Lipinski definition) is 1. The lowest BCUT2D eigenvalue weighted by Crippen LogP contribution is -2.34. The predicted molar refractivity (Wildman–Crippen MR) is 161 cm³/mol. The average molecular weight is 638 g/mol. The fraction of sp³-hybridized carbons (Fsp3) is 0.294. The third-order valence-corrected chi connectivity index (χ3v) is 9.97. The van der Waals surface area contributed by atoms with Gasteiger partial charge in [-0.05, 0) is 116 Å². The highest BCUT2D eigenvalue weighted by molar-refractivity contribution is 7.89. The molecule has 1 N–H and O–H groups in total. The average Bonchev–Trinajstić information content (AvgIpc) is 3.81. The van der Waals surface area contributed by atoms with Gasteiger partial charge in [0.15, 0.2) is 0 Å². The van der Waals surface area contributed by atoms with Crippen molar-refractivity contribution >= 4 is 21.6 Å². The van der Waals surface area contributed by atoms with Gasteiger partial charge in [0.05, 0.1) is 22.7 Å². The number of nitrogens with zero attached hydrogens (tertiary/aromatic N) is 2. The molecule has 1 aromatic heterocycles. The smallest absolute Gasteiger partial charge is 0.306 e. The zero-order valence-electron chi connectivity index (χ0n) is 24.4. The number of anilines is 1. The Bertz CT molecular complexity index is 1830. The molecule has 2 aliphatic rings. The minimum atomic E-state index is -4.44. The highest BCUT2D eigenvalue weighted by Gasteiger charge is 2.46. The standard InChI is InChI=1S/C34H31F4N3O3S/c1-21-4-2-6-26(39-21)20-41(33(42)31-19-29(31)23-8-11-24(12-9-23)34(36,37)38)27-15-10-22-5-3-7-32(30(22)18-27)40-45(43,44)28-16-13-25(35)14-17-28/h2,4,6,8-18,29,31-32,40H,3,5,7,19-20H2,1H3. The zero-order valence-corrected chi connectivity index (χ0v) is 25.2. The first kappa shape index (κ1) is 30.9. The molecule has 6 nitrogen and oxygen atoms in total. The van der Waals surface area contributed by atoms with Crippen molar-refractivity contribution in [3.05, 3.63) is 124 Å². The molecule has 1 amide bonds. The first-order chi connectivity index (χ1) is 21.4. The molecule has 0 bridgehead atoms. The summed E-state index contributed by atoms with van der Waals surface area (Å²) in [7, 11) is -3.95. The molecule has 3 unspecified atom stereocenters. The van der Waals surface area contributed by atoms with Crippen LogP contribution in [0.3, 0.4) is 0 Å². The van der Waals surface area contributed by atoms with Gasteiger partial charge in [0.2, 0.25) is 15.9 Å². The summed E-state index contributed by atoms with van der Waals surface area (Å²) >= 11 is 0. The van der Waals surface area contributed by atoms with Crippen molar-refractivity contribution in [1.82, 2.24) is 9.71 Å². The van der Waals surface area contributed by atoms with Crippen LogP contribution in [0.25, 0.3) is 0 Å². The Kier molecular flexibility index (Phi) is 8.26. The van der Waals surface area contributed by atoms with E-state index in [0.717, 1.165) is 53.9 Å². The van der Waals surface area contributed by atoms with Crippen molar-refractivity contribution in [3.8, 4) is 0 Å². The summed E-state index contributed by atoms with van der Waals surface area (Å²) < 4.78 is 81.9. The second kappa shape index (κ2) is 12.0. The number of aryl methyl sites for hydroxylation is 2. The molecular weight excluding hydrogens is 606 g/mol. The molecule has 1 heterocycles. The minimum absolute atomic E-state index is 0.0439. The molecule has 1 saturated carbocycles. The first-order valence-electron chi connectivity index (χ1n) is 14.7. The predicted octanol–water partition coefficient (Wildman–Crippen LogP) is 7.24. The van der Waals surface area contributed by atoms with E-state index in [2.05, 4.69) is 9.71 Å². The minimum Gasteiger partial charge on any atom is -0.306 e. The summed E-state index contributed by atoms with van der Waals surface area (Å²) in [4.78, 5) is 20.2. The largest absolute Gasteiger partial charge is 0.416 e. The Morgan fingerprint density at radius 3 is 2.42 bits per heavy atom. The molecule has 6 rings (SSSR count). The molecule has 2 aliphatic carbocycles. The SMILES string of the molecule is Cc1cccc(CN(C(=O)C2CC2c2ccc(C(F)(F)F)cc2)c2ccc3c(c2)C(NS(=O)(=O)c2ccc(F)cc2)CCC3)n1. The number of amides is 1. The highest BCUT2D eigenvalue weighted by Crippen LogP contribution is 2.49. The summed E-state index contributed by atoms with van der Waals surface area (Å²) in [6.45, 7) is 2.02. The van der Waals surface area contributed by atoms with Gasteiger partial charge < -0.3 is 4.90 Å². The molecule has 3 aromatic carbocycles. The summed E-state index contributed by atoms with van der Waals surface area (Å²) in [5.74, 6) is -1.34. The maximum Gasteiger partial charge on any atom is 0.416 e. The number of nitrogens with one attached hydrogen (secondary N) is 1. The van der Waals surface area contributed by atoms with Crippen LogP contribution in [-0.4, -0.2) is 19.3 Å². The lowest BCUT2D eigenvalue weighted by Gasteiger charge is -2.29. The fourth-order valence-corrected chi connectivity index (χ4v) is 7.30. The van der Waals surface area contributed by atoms with Gasteiger partial charge in [0, 0.05) is 23.3 Å². The topological polar surface area (TPSA) is 79.4 Å². The van der Waals surface area contributed by atoms with E-state index in [4.69, 9.17) is 0 Å². The Morgan fingerprint density at radius 1 is 1.00 bits per heavy atom. The number of halogens is 4. The number of rotatable bonds is 8. The number of pyridine rings is 1. The fourth-order valence-electron chi connectivity index (χ4n) is 6.05. The number of hydrogen-bond acceptors (Lipinski definition) is 4. The van der Waals surface area contributed by atoms with Crippen LogP contribution in [0.15, 0.2) is 89.8 Å². The third kappa shape index (κ3) is 6.79. The Labute approximate surface area is 259 Å². The quantitative estimate of drug-likeness (QED) is 0.207. The molecule has 0 spiro atoms. The summed E-state index contributed by atoms with van der Waals surface area (Å²) in [5, 5.41) is 0. The maximum atomic E-state index is 14.1. The second-order valence-electron chi connectivity index (χ2n) is 11.7. The van der Waals surface area contributed by atoms with Gasteiger partial charge in [0.25, 0.3) is 0 Å². The number of carbonyl (C=O) groups excluding carboxylic acids is 1. The summed E-state index contributed by atoms with van der Waals surface area (Å²) in [6, 6.07) is 20.2. The first-order valence-corrected chi connectivity index (χ1v) is 16.2. The van der Waals surface area contributed by atoms with Gasteiger partial charge in [0.1, 0.15) is 5.82 Å².